The van der Waals surface area contributed by atoms with E-state index < -0.39 is 26.7 Å². The maximum Gasteiger partial charge on any atom is 0.416 e. The first-order valence-corrected chi connectivity index (χ1v) is 8.75. The Bertz CT molecular complexity index is 846. The van der Waals surface area contributed by atoms with Crippen molar-refractivity contribution < 1.29 is 21.6 Å². The largest absolute Gasteiger partial charge is 0.416 e. The molecule has 0 bridgehead atoms. The highest BCUT2D eigenvalue weighted by atomic mass is 32.2. The summed E-state index contributed by atoms with van der Waals surface area (Å²) in [7, 11) is -4.09. The van der Waals surface area contributed by atoms with Gasteiger partial charge >= 0.3 is 6.18 Å². The summed E-state index contributed by atoms with van der Waals surface area (Å²) in [5.74, 6) is 0.322. The maximum absolute atomic E-state index is 12.7. The van der Waals surface area contributed by atoms with Crippen LogP contribution in [-0.4, -0.2) is 21.5 Å². The van der Waals surface area contributed by atoms with Crippen LogP contribution in [0.4, 0.5) is 18.9 Å². The molecule has 0 radical (unpaired) electrons. The van der Waals surface area contributed by atoms with E-state index >= 15 is 0 Å². The molecule has 0 aliphatic carbocycles. The van der Waals surface area contributed by atoms with Crippen LogP contribution < -0.4 is 10.0 Å². The van der Waals surface area contributed by atoms with Gasteiger partial charge in [-0.05, 0) is 35.9 Å². The molecule has 1 heterocycles. The van der Waals surface area contributed by atoms with Gasteiger partial charge in [0, 0.05) is 24.7 Å². The summed E-state index contributed by atoms with van der Waals surface area (Å²) >= 11 is 0. The molecule has 1 fully saturated rings. The second kappa shape index (κ2) is 6.10. The SMILES string of the molecule is O=S(=O)(Nc1cccc(C2CNC2)c1)c1cccc(C(F)(F)F)c1. The molecule has 128 valence electrons. The molecular weight excluding hydrogens is 341 g/mol. The highest BCUT2D eigenvalue weighted by Crippen LogP contribution is 2.31. The fourth-order valence-electron chi connectivity index (χ4n) is 2.43. The summed E-state index contributed by atoms with van der Waals surface area (Å²) in [4.78, 5) is -0.423. The van der Waals surface area contributed by atoms with Crippen LogP contribution in [0.5, 0.6) is 0 Å². The van der Waals surface area contributed by atoms with Crippen LogP contribution in [0.2, 0.25) is 0 Å². The van der Waals surface area contributed by atoms with Crippen LogP contribution in [0.15, 0.2) is 53.4 Å². The Balaban J connectivity index is 1.86. The zero-order chi connectivity index (χ0) is 17.4. The number of sulfonamides is 1. The van der Waals surface area contributed by atoms with Crippen LogP contribution >= 0.6 is 0 Å². The van der Waals surface area contributed by atoms with Gasteiger partial charge in [0.05, 0.1) is 10.5 Å². The fraction of sp³-hybridized carbons (Fsp3) is 0.250. The smallest absolute Gasteiger partial charge is 0.315 e. The Morgan fingerprint density at radius 3 is 2.38 bits per heavy atom. The van der Waals surface area contributed by atoms with Crippen molar-refractivity contribution in [3.63, 3.8) is 0 Å². The number of anilines is 1. The molecule has 4 nitrogen and oxygen atoms in total. The average molecular weight is 356 g/mol. The van der Waals surface area contributed by atoms with Crippen LogP contribution in [0, 0.1) is 0 Å². The van der Waals surface area contributed by atoms with Gasteiger partial charge in [0.2, 0.25) is 0 Å². The van der Waals surface area contributed by atoms with E-state index in [1.165, 1.54) is 0 Å². The minimum absolute atomic E-state index is 0.322. The van der Waals surface area contributed by atoms with Crippen molar-refractivity contribution in [1.29, 1.82) is 0 Å². The van der Waals surface area contributed by atoms with E-state index in [1.54, 1.807) is 18.2 Å². The van der Waals surface area contributed by atoms with Crippen LogP contribution in [0.25, 0.3) is 0 Å². The van der Waals surface area contributed by atoms with E-state index in [-0.39, 0.29) is 0 Å². The van der Waals surface area contributed by atoms with Crippen molar-refractivity contribution in [3.8, 4) is 0 Å². The van der Waals surface area contributed by atoms with E-state index in [2.05, 4.69) is 10.0 Å². The zero-order valence-electron chi connectivity index (χ0n) is 12.5. The second-order valence-corrected chi connectivity index (χ2v) is 7.29. The molecule has 2 aromatic rings. The molecule has 3 rings (SSSR count). The predicted octanol–water partition coefficient (Wildman–Crippen LogP) is 3.19. The molecule has 1 saturated heterocycles. The Morgan fingerprint density at radius 1 is 1.04 bits per heavy atom. The van der Waals surface area contributed by atoms with Gasteiger partial charge in [0.25, 0.3) is 10.0 Å². The van der Waals surface area contributed by atoms with Crippen molar-refractivity contribution in [2.45, 2.75) is 17.0 Å². The van der Waals surface area contributed by atoms with Crippen molar-refractivity contribution in [3.05, 3.63) is 59.7 Å². The van der Waals surface area contributed by atoms with Crippen molar-refractivity contribution in [1.82, 2.24) is 5.32 Å². The van der Waals surface area contributed by atoms with Gasteiger partial charge in [0.1, 0.15) is 0 Å². The summed E-state index contributed by atoms with van der Waals surface area (Å²) in [6, 6.07) is 10.6. The van der Waals surface area contributed by atoms with E-state index in [9.17, 15) is 21.6 Å². The third kappa shape index (κ3) is 3.54. The van der Waals surface area contributed by atoms with Crippen molar-refractivity contribution >= 4 is 15.7 Å². The quantitative estimate of drug-likeness (QED) is 0.885. The molecule has 0 unspecified atom stereocenters. The maximum atomic E-state index is 12.7. The van der Waals surface area contributed by atoms with Gasteiger partial charge in [-0.25, -0.2) is 8.42 Å². The standard InChI is InChI=1S/C16H15F3N2O2S/c17-16(18,19)13-4-2-6-15(8-13)24(22,23)21-14-5-1-3-11(7-14)12-9-20-10-12/h1-8,12,20-21H,9-10H2. The molecule has 2 aromatic carbocycles. The highest BCUT2D eigenvalue weighted by Gasteiger charge is 2.31. The summed E-state index contributed by atoms with van der Waals surface area (Å²) in [6.07, 6.45) is -4.59. The third-order valence-electron chi connectivity index (χ3n) is 3.86. The molecule has 24 heavy (non-hydrogen) atoms. The Hall–Kier alpha value is -2.06. The average Bonchev–Trinajstić information content (AvgIpc) is 2.45. The molecule has 0 saturated carbocycles. The van der Waals surface area contributed by atoms with Gasteiger partial charge in [-0.15, -0.1) is 0 Å². The minimum atomic E-state index is -4.59. The number of benzene rings is 2. The molecule has 8 heteroatoms. The molecule has 0 aromatic heterocycles. The second-order valence-electron chi connectivity index (χ2n) is 5.61. The highest BCUT2D eigenvalue weighted by molar-refractivity contribution is 7.92. The lowest BCUT2D eigenvalue weighted by molar-refractivity contribution is -0.137. The van der Waals surface area contributed by atoms with E-state index in [4.69, 9.17) is 0 Å². The minimum Gasteiger partial charge on any atom is -0.315 e. The van der Waals surface area contributed by atoms with Crippen molar-refractivity contribution in [2.24, 2.45) is 0 Å². The van der Waals surface area contributed by atoms with Gasteiger partial charge < -0.3 is 5.32 Å². The first-order valence-electron chi connectivity index (χ1n) is 7.26. The van der Waals surface area contributed by atoms with Crippen LogP contribution in [-0.2, 0) is 16.2 Å². The number of hydrogen-bond donors (Lipinski definition) is 2. The molecule has 2 N–H and O–H groups in total. The normalized spacial score (nSPS) is 15.8. The number of halogens is 3. The van der Waals surface area contributed by atoms with Gasteiger partial charge in [0.15, 0.2) is 0 Å². The predicted molar refractivity (Wildman–Crippen MR) is 84.3 cm³/mol. The van der Waals surface area contributed by atoms with E-state index in [0.717, 1.165) is 36.9 Å². The first kappa shape index (κ1) is 16.8. The fourth-order valence-corrected chi connectivity index (χ4v) is 3.53. The van der Waals surface area contributed by atoms with E-state index in [0.29, 0.717) is 17.7 Å². The summed E-state index contributed by atoms with van der Waals surface area (Å²) < 4.78 is 65.3. The third-order valence-corrected chi connectivity index (χ3v) is 5.24. The summed E-state index contributed by atoms with van der Waals surface area (Å²) in [5.41, 5.74) is 0.314. The molecule has 0 atom stereocenters. The van der Waals surface area contributed by atoms with E-state index in [1.807, 2.05) is 6.07 Å². The summed E-state index contributed by atoms with van der Waals surface area (Å²) in [6.45, 7) is 1.65. The Morgan fingerprint density at radius 2 is 1.75 bits per heavy atom. The van der Waals surface area contributed by atoms with Crippen LogP contribution in [0.3, 0.4) is 0 Å². The molecule has 0 spiro atoms. The lowest BCUT2D eigenvalue weighted by Gasteiger charge is -2.27. The lowest BCUT2D eigenvalue weighted by Crippen LogP contribution is -2.39. The Labute approximate surface area is 137 Å². The molecular formula is C16H15F3N2O2S. The van der Waals surface area contributed by atoms with Gasteiger partial charge in [-0.1, -0.05) is 18.2 Å². The first-order chi connectivity index (χ1) is 11.3. The number of nitrogens with one attached hydrogen (secondary N) is 2. The Kier molecular flexibility index (Phi) is 4.27. The van der Waals surface area contributed by atoms with Crippen molar-refractivity contribution in [2.75, 3.05) is 17.8 Å². The van der Waals surface area contributed by atoms with Gasteiger partial charge in [-0.2, -0.15) is 13.2 Å². The summed E-state index contributed by atoms with van der Waals surface area (Å²) in [5, 5.41) is 3.13. The number of alkyl halides is 3. The molecule has 1 aliphatic heterocycles. The number of rotatable bonds is 4. The zero-order valence-corrected chi connectivity index (χ0v) is 13.3. The monoisotopic (exact) mass is 356 g/mol. The molecule has 1 aliphatic rings. The topological polar surface area (TPSA) is 58.2 Å². The molecule has 0 amide bonds. The van der Waals surface area contributed by atoms with Gasteiger partial charge in [-0.3, -0.25) is 4.72 Å². The number of hydrogen-bond acceptors (Lipinski definition) is 3. The lowest BCUT2D eigenvalue weighted by atomic mass is 9.94. The van der Waals surface area contributed by atoms with Crippen LogP contribution in [0.1, 0.15) is 17.0 Å².